The number of nitrogens with one attached hydrogen (secondary N) is 1. The lowest BCUT2D eigenvalue weighted by atomic mass is 9.84. The maximum absolute atomic E-state index is 12.4. The van der Waals surface area contributed by atoms with E-state index in [2.05, 4.69) is 5.32 Å². The fourth-order valence-electron chi connectivity index (χ4n) is 3.11. The zero-order chi connectivity index (χ0) is 20.3. The van der Waals surface area contributed by atoms with E-state index in [1.807, 2.05) is 32.0 Å². The molecule has 6 heteroatoms. The van der Waals surface area contributed by atoms with Crippen molar-refractivity contribution >= 4 is 28.6 Å². The number of methoxy groups -OCH3 is 2. The minimum Gasteiger partial charge on any atom is -0.466 e. The average Bonchev–Trinajstić information content (AvgIpc) is 2.62. The number of dihydropyridines is 1. The topological polar surface area (TPSA) is 64.6 Å². The molecule has 1 aliphatic rings. The van der Waals surface area contributed by atoms with Gasteiger partial charge in [-0.15, -0.1) is 0 Å². The molecule has 0 aromatic heterocycles. The third-order valence-electron chi connectivity index (χ3n) is 4.71. The molecular weight excluding hydrogens is 366 g/mol. The van der Waals surface area contributed by atoms with Gasteiger partial charge in [0.15, 0.2) is 0 Å². The summed E-state index contributed by atoms with van der Waals surface area (Å²) in [5.41, 5.74) is 4.93. The Hall–Kier alpha value is -2.53. The first-order valence-corrected chi connectivity index (χ1v) is 8.89. The number of esters is 2. The SMILES string of the molecule is COC(=O)C1=C(C)NC(C)=C(C(=O)OC)C1C=C(Cl)c1ccc(C)c(C)c1. The quantitative estimate of drug-likeness (QED) is 0.788. The van der Waals surface area contributed by atoms with E-state index >= 15 is 0 Å². The molecule has 2 rings (SSSR count). The Balaban J connectivity index is 2.62. The van der Waals surface area contributed by atoms with Crippen LogP contribution in [0, 0.1) is 19.8 Å². The Kier molecular flexibility index (Phi) is 6.50. The summed E-state index contributed by atoms with van der Waals surface area (Å²) in [4.78, 5) is 24.8. The molecule has 0 bridgehead atoms. The number of carbonyl (C=O) groups is 2. The lowest BCUT2D eigenvalue weighted by molar-refractivity contribution is -0.137. The molecule has 1 aromatic carbocycles. The highest BCUT2D eigenvalue weighted by Gasteiger charge is 2.35. The van der Waals surface area contributed by atoms with E-state index in [4.69, 9.17) is 21.1 Å². The number of rotatable bonds is 4. The van der Waals surface area contributed by atoms with E-state index < -0.39 is 17.9 Å². The van der Waals surface area contributed by atoms with Crippen molar-refractivity contribution < 1.29 is 19.1 Å². The van der Waals surface area contributed by atoms with Crippen molar-refractivity contribution in [3.8, 4) is 0 Å². The molecule has 1 N–H and O–H groups in total. The van der Waals surface area contributed by atoms with Gasteiger partial charge in [0.05, 0.1) is 25.4 Å². The predicted molar refractivity (Wildman–Crippen MR) is 106 cm³/mol. The molecule has 0 aliphatic carbocycles. The van der Waals surface area contributed by atoms with Crippen molar-refractivity contribution in [1.29, 1.82) is 0 Å². The fraction of sp³-hybridized carbons (Fsp3) is 0.333. The van der Waals surface area contributed by atoms with E-state index in [0.29, 0.717) is 27.6 Å². The van der Waals surface area contributed by atoms with Crippen LogP contribution in [-0.2, 0) is 19.1 Å². The molecule has 5 nitrogen and oxygen atoms in total. The summed E-state index contributed by atoms with van der Waals surface area (Å²) < 4.78 is 9.85. The van der Waals surface area contributed by atoms with Crippen molar-refractivity contribution in [2.24, 2.45) is 5.92 Å². The van der Waals surface area contributed by atoms with E-state index in [1.165, 1.54) is 14.2 Å². The first-order valence-electron chi connectivity index (χ1n) is 8.51. The van der Waals surface area contributed by atoms with E-state index in [1.54, 1.807) is 19.9 Å². The molecule has 27 heavy (non-hydrogen) atoms. The molecule has 1 heterocycles. The summed E-state index contributed by atoms with van der Waals surface area (Å²) in [7, 11) is 2.61. The third-order valence-corrected chi connectivity index (χ3v) is 5.06. The van der Waals surface area contributed by atoms with Gasteiger partial charge in [0, 0.05) is 22.3 Å². The summed E-state index contributed by atoms with van der Waals surface area (Å²) in [6.07, 6.45) is 1.69. The number of carbonyl (C=O) groups excluding carboxylic acids is 2. The van der Waals surface area contributed by atoms with Crippen molar-refractivity contribution in [2.75, 3.05) is 14.2 Å². The van der Waals surface area contributed by atoms with Gasteiger partial charge in [0.1, 0.15) is 0 Å². The number of benzene rings is 1. The Morgan fingerprint density at radius 1 is 0.963 bits per heavy atom. The molecule has 1 aliphatic heterocycles. The highest BCUT2D eigenvalue weighted by atomic mass is 35.5. The molecule has 144 valence electrons. The summed E-state index contributed by atoms with van der Waals surface area (Å²) in [5.74, 6) is -1.74. The monoisotopic (exact) mass is 389 g/mol. The summed E-state index contributed by atoms with van der Waals surface area (Å²) in [5, 5.41) is 3.49. The highest BCUT2D eigenvalue weighted by molar-refractivity contribution is 6.48. The van der Waals surface area contributed by atoms with Gasteiger partial charge in [-0.2, -0.15) is 0 Å². The van der Waals surface area contributed by atoms with Gasteiger partial charge in [0.2, 0.25) is 0 Å². The van der Waals surface area contributed by atoms with Crippen molar-refractivity contribution in [1.82, 2.24) is 5.32 Å². The van der Waals surface area contributed by atoms with E-state index in [0.717, 1.165) is 16.7 Å². The number of halogens is 1. The second-order valence-electron chi connectivity index (χ2n) is 6.48. The van der Waals surface area contributed by atoms with Crippen LogP contribution < -0.4 is 5.32 Å². The predicted octanol–water partition coefficient (Wildman–Crippen LogP) is 4.00. The van der Waals surface area contributed by atoms with Crippen LogP contribution in [0.25, 0.3) is 5.03 Å². The largest absolute Gasteiger partial charge is 0.466 e. The number of ether oxygens (including phenoxy) is 2. The second kappa shape index (κ2) is 8.44. The van der Waals surface area contributed by atoms with Crippen LogP contribution in [0.15, 0.2) is 46.8 Å². The first kappa shape index (κ1) is 20.8. The maximum Gasteiger partial charge on any atom is 0.336 e. The lowest BCUT2D eigenvalue weighted by Crippen LogP contribution is -2.32. The molecule has 0 atom stereocenters. The third kappa shape index (κ3) is 4.25. The van der Waals surface area contributed by atoms with E-state index in [9.17, 15) is 9.59 Å². The molecule has 0 saturated carbocycles. The lowest BCUT2D eigenvalue weighted by Gasteiger charge is -2.28. The van der Waals surface area contributed by atoms with Crippen LogP contribution in [0.1, 0.15) is 30.5 Å². The molecular formula is C21H24ClNO4. The van der Waals surface area contributed by atoms with Gasteiger partial charge in [-0.1, -0.05) is 35.9 Å². The van der Waals surface area contributed by atoms with Gasteiger partial charge in [-0.05, 0) is 44.4 Å². The van der Waals surface area contributed by atoms with Gasteiger partial charge in [-0.25, -0.2) is 9.59 Å². The molecule has 0 radical (unpaired) electrons. The minimum atomic E-state index is -0.680. The number of hydrogen-bond donors (Lipinski definition) is 1. The van der Waals surface area contributed by atoms with Crippen LogP contribution in [0.2, 0.25) is 0 Å². The molecule has 0 fully saturated rings. The highest BCUT2D eigenvalue weighted by Crippen LogP contribution is 2.35. The summed E-state index contributed by atoms with van der Waals surface area (Å²) >= 11 is 6.58. The maximum atomic E-state index is 12.4. The zero-order valence-corrected chi connectivity index (χ0v) is 17.2. The number of hydrogen-bond acceptors (Lipinski definition) is 5. The Morgan fingerprint density at radius 2 is 1.48 bits per heavy atom. The molecule has 0 spiro atoms. The molecule has 0 unspecified atom stereocenters. The number of aryl methyl sites for hydroxylation is 2. The van der Waals surface area contributed by atoms with Gasteiger partial charge in [0.25, 0.3) is 0 Å². The molecule has 0 saturated heterocycles. The normalized spacial score (nSPS) is 15.6. The second-order valence-corrected chi connectivity index (χ2v) is 6.88. The van der Waals surface area contributed by atoms with E-state index in [-0.39, 0.29) is 0 Å². The smallest absolute Gasteiger partial charge is 0.336 e. The van der Waals surface area contributed by atoms with Crippen LogP contribution in [0.5, 0.6) is 0 Å². The van der Waals surface area contributed by atoms with Crippen LogP contribution in [-0.4, -0.2) is 26.2 Å². The number of allylic oxidation sites excluding steroid dienone is 3. The standard InChI is InChI=1S/C21H24ClNO4/c1-11-7-8-15(9-12(11)2)17(22)10-16-18(20(24)26-5)13(3)23-14(4)19(16)21(25)27-6/h7-10,16,23H,1-6H3. The Morgan fingerprint density at radius 3 is 1.93 bits per heavy atom. The average molecular weight is 390 g/mol. The van der Waals surface area contributed by atoms with Gasteiger partial charge >= 0.3 is 11.9 Å². The van der Waals surface area contributed by atoms with Crippen molar-refractivity contribution in [3.63, 3.8) is 0 Å². The van der Waals surface area contributed by atoms with Gasteiger partial charge in [-0.3, -0.25) is 0 Å². The van der Waals surface area contributed by atoms with Gasteiger partial charge < -0.3 is 14.8 Å². The zero-order valence-electron chi connectivity index (χ0n) is 16.4. The first-order chi connectivity index (χ1) is 12.7. The van der Waals surface area contributed by atoms with Crippen molar-refractivity contribution in [2.45, 2.75) is 27.7 Å². The molecule has 1 aromatic rings. The summed E-state index contributed by atoms with van der Waals surface area (Å²) in [6.45, 7) is 7.54. The van der Waals surface area contributed by atoms with Crippen LogP contribution in [0.3, 0.4) is 0 Å². The fourth-order valence-corrected chi connectivity index (χ4v) is 3.35. The van der Waals surface area contributed by atoms with Crippen molar-refractivity contribution in [3.05, 3.63) is 63.5 Å². The Labute approximate surface area is 164 Å². The minimum absolute atomic E-state index is 0.325. The summed E-state index contributed by atoms with van der Waals surface area (Å²) in [6, 6.07) is 5.86. The molecule has 0 amide bonds. The Bertz CT molecular complexity index is 842. The van der Waals surface area contributed by atoms with Crippen LogP contribution in [0.4, 0.5) is 0 Å². The van der Waals surface area contributed by atoms with Crippen LogP contribution >= 0.6 is 11.6 Å².